The molecule has 0 amide bonds. The Balaban J connectivity index is 0.000000327. The van der Waals surface area contributed by atoms with E-state index >= 15 is 0 Å². The van der Waals surface area contributed by atoms with Crippen molar-refractivity contribution in [2.75, 3.05) is 115 Å². The van der Waals surface area contributed by atoms with Crippen molar-refractivity contribution in [3.8, 4) is 17.2 Å². The molecule has 5 aromatic carbocycles. The Morgan fingerprint density at radius 2 is 1.13 bits per heavy atom. The van der Waals surface area contributed by atoms with Crippen LogP contribution in [0, 0.1) is 5.92 Å². The predicted octanol–water partition coefficient (Wildman–Crippen LogP) is 17.1. The molecule has 0 bridgehead atoms. The van der Waals surface area contributed by atoms with Gasteiger partial charge in [-0.05, 0) is 187 Å². The quantitative estimate of drug-likeness (QED) is 0.0123. The Bertz CT molecular complexity index is 3200. The first-order chi connectivity index (χ1) is 48.2. The summed E-state index contributed by atoms with van der Waals surface area (Å²) >= 11 is 12.1. The maximum Gasteiger partial charge on any atom is 0.406 e. The van der Waals surface area contributed by atoms with Gasteiger partial charge in [0.2, 0.25) is 0 Å². The van der Waals surface area contributed by atoms with Crippen LogP contribution in [-0.2, 0) is 86.8 Å². The van der Waals surface area contributed by atoms with E-state index in [1.807, 2.05) is 133 Å². The predicted molar refractivity (Wildman–Crippen MR) is 410 cm³/mol. The van der Waals surface area contributed by atoms with Gasteiger partial charge in [0.1, 0.15) is 30.0 Å². The van der Waals surface area contributed by atoms with E-state index in [-0.39, 0.29) is 49.6 Å². The number of halogens is 1. The molecule has 1 fully saturated rings. The molecule has 1 aliphatic rings. The van der Waals surface area contributed by atoms with Crippen LogP contribution in [0.3, 0.4) is 0 Å². The van der Waals surface area contributed by atoms with E-state index in [2.05, 4.69) is 93.4 Å². The normalized spacial score (nSPS) is 16.8. The third-order valence-corrected chi connectivity index (χ3v) is 21.7. The van der Waals surface area contributed by atoms with Crippen LogP contribution in [0.2, 0.25) is 5.02 Å². The first-order valence-electron chi connectivity index (χ1n) is 35.0. The highest BCUT2D eigenvalue weighted by atomic mass is 35.5. The standard InChI is InChI=1S/C32H45N2O3PS.C22H38NO8P.C21H37ClNO7P/c1-26(2)36-38(39,37-31(3,4)5)34-25-15-9-14-24-33-32(27-16-10-7-11-17-27,28-18-12-8-13-19-28)29-20-22-30(35-6)23-21-29;1-17(11-13-25-5)30-32(24,31-22(2,3)4)23-12-14-27-15-20-16-28-21(29-20)18-7-9-19(26-6)10-8-18;1-8-27-14-16(2)15-29-31(24,30-21(3,4)5)23-11-12-28-17-9-10-18(19(22)13-17)20(25-6)26-7/h7-8,10-13,16-23,26,33H,9,14-15,24-25H2,1-6H3,(H,34,39);7-10,17,20-21H,11-16H2,1-6H3,(H,23,24);9-10,13,16,20H,8,11-12,14-15H2,1-7H3,(H,23,24). The van der Waals surface area contributed by atoms with Gasteiger partial charge >= 0.3 is 15.5 Å². The topological polar surface area (TPSA) is 230 Å². The average Bonchev–Trinajstić information content (AvgIpc) is 0.845. The zero-order chi connectivity index (χ0) is 75.5. The van der Waals surface area contributed by atoms with Gasteiger partial charge in [-0.2, -0.15) is 0 Å². The summed E-state index contributed by atoms with van der Waals surface area (Å²) in [4.78, 5) is 0. The SMILES string of the molecule is CCOCC(C)COP(=O)(NCCOc1ccc(C(OC)OC)c(Cl)c1)OC(C)(C)C.COCCC(C)OP(=O)(NCCOCC1COC(c2ccc(OC)cc2)O1)OC(C)(C)C.COc1ccc(C(NCCCCCNP(=S)(OC(C)C)OC(C)(C)C)(c2ccccc2)c2ccccc2)cc1. The molecule has 1 aliphatic heterocycles. The summed E-state index contributed by atoms with van der Waals surface area (Å²) < 4.78 is 116. The number of benzene rings is 5. The van der Waals surface area contributed by atoms with Crippen molar-refractivity contribution >= 4 is 45.5 Å². The molecule has 0 radical (unpaired) electrons. The summed E-state index contributed by atoms with van der Waals surface area (Å²) in [6.07, 6.45) is 2.25. The minimum absolute atomic E-state index is 0.0111. The fourth-order valence-corrected chi connectivity index (χ4v) is 17.4. The van der Waals surface area contributed by atoms with Crippen molar-refractivity contribution < 1.29 is 83.6 Å². The number of hydrogen-bond acceptors (Lipinski definition) is 20. The summed E-state index contributed by atoms with van der Waals surface area (Å²) in [5, 5.41) is 13.6. The van der Waals surface area contributed by atoms with Crippen LogP contribution in [0.15, 0.2) is 127 Å². The molecule has 4 N–H and O–H groups in total. The van der Waals surface area contributed by atoms with Crippen molar-refractivity contribution in [3.05, 3.63) is 160 Å². The molecule has 5 aromatic rings. The molecular weight excluding hydrogens is 1410 g/mol. The first-order valence-corrected chi connectivity index (χ1v) is 41.1. The van der Waals surface area contributed by atoms with E-state index < -0.39 is 51.5 Å². The van der Waals surface area contributed by atoms with Crippen LogP contribution in [0.25, 0.3) is 0 Å². The van der Waals surface area contributed by atoms with Gasteiger partial charge in [-0.25, -0.2) is 24.4 Å². The van der Waals surface area contributed by atoms with Crippen molar-refractivity contribution in [2.45, 2.75) is 176 Å². The highest BCUT2D eigenvalue weighted by Crippen LogP contribution is 2.51. The van der Waals surface area contributed by atoms with Gasteiger partial charge in [0, 0.05) is 71.2 Å². The fourth-order valence-electron chi connectivity index (χ4n) is 10.2. The van der Waals surface area contributed by atoms with E-state index in [1.165, 1.54) is 30.9 Å². The Hall–Kier alpha value is -3.78. The van der Waals surface area contributed by atoms with Crippen LogP contribution in [0.5, 0.6) is 17.2 Å². The van der Waals surface area contributed by atoms with Crippen molar-refractivity contribution in [2.24, 2.45) is 5.92 Å². The zero-order valence-electron chi connectivity index (χ0n) is 63.9. The van der Waals surface area contributed by atoms with Gasteiger partial charge in [-0.3, -0.25) is 23.4 Å². The summed E-state index contributed by atoms with van der Waals surface area (Å²) in [7, 11) is 0.981. The monoisotopic (exact) mass is 1520 g/mol. The van der Waals surface area contributed by atoms with Gasteiger partial charge in [0.25, 0.3) is 6.64 Å². The minimum Gasteiger partial charge on any atom is -0.497 e. The fraction of sp³-hybridized carbons (Fsp3) is 0.600. The third kappa shape index (κ3) is 34.4. The van der Waals surface area contributed by atoms with E-state index in [0.717, 1.165) is 49.4 Å². The lowest BCUT2D eigenvalue weighted by Gasteiger charge is -2.37. The van der Waals surface area contributed by atoms with E-state index in [0.29, 0.717) is 68.9 Å². The second-order valence-electron chi connectivity index (χ2n) is 27.5. The molecule has 0 saturated carbocycles. The average molecular weight is 1530 g/mol. The van der Waals surface area contributed by atoms with Crippen molar-refractivity contribution in [3.63, 3.8) is 0 Å². The molecule has 7 unspecified atom stereocenters. The minimum atomic E-state index is -3.53. The Kier molecular flexibility index (Phi) is 40.7. The van der Waals surface area contributed by atoms with Gasteiger partial charge in [0.05, 0.1) is 86.8 Å². The molecular formula is C75H120ClN4O18P3S. The van der Waals surface area contributed by atoms with Crippen LogP contribution in [0.4, 0.5) is 0 Å². The van der Waals surface area contributed by atoms with E-state index in [1.54, 1.807) is 39.5 Å². The molecule has 27 heteroatoms. The van der Waals surface area contributed by atoms with Gasteiger partial charge in [-0.15, -0.1) is 0 Å². The third-order valence-electron chi connectivity index (χ3n) is 14.5. The lowest BCUT2D eigenvalue weighted by Crippen LogP contribution is -2.45. The number of methoxy groups -OCH3 is 5. The summed E-state index contributed by atoms with van der Waals surface area (Å²) in [5.74, 6) is 2.28. The number of ether oxygens (including phenoxy) is 10. The second-order valence-corrected chi connectivity index (χ2v) is 34.6. The Labute approximate surface area is 620 Å². The van der Waals surface area contributed by atoms with E-state index in [4.69, 9.17) is 97.9 Å². The van der Waals surface area contributed by atoms with Gasteiger partial charge in [-0.1, -0.05) is 110 Å². The summed E-state index contributed by atoms with van der Waals surface area (Å²) in [6, 6.07) is 42.5. The Morgan fingerprint density at radius 3 is 1.67 bits per heavy atom. The molecule has 0 aliphatic carbocycles. The van der Waals surface area contributed by atoms with Crippen LogP contribution in [-0.4, -0.2) is 150 Å². The number of nitrogens with one attached hydrogen (secondary N) is 4. The maximum atomic E-state index is 13.2. The first kappa shape index (κ1) is 90.6. The highest BCUT2D eigenvalue weighted by Gasteiger charge is 2.37. The van der Waals surface area contributed by atoms with Crippen LogP contribution < -0.4 is 34.8 Å². The lowest BCUT2D eigenvalue weighted by molar-refractivity contribution is -0.105. The molecule has 0 spiro atoms. The van der Waals surface area contributed by atoms with Crippen LogP contribution >= 0.6 is 33.7 Å². The molecule has 102 heavy (non-hydrogen) atoms. The zero-order valence-corrected chi connectivity index (χ0v) is 68.1. The molecule has 0 aromatic heterocycles. The number of hydrogen-bond donors (Lipinski definition) is 4. The molecule has 6 rings (SSSR count). The molecule has 7 atom stereocenters. The largest absolute Gasteiger partial charge is 0.497 e. The van der Waals surface area contributed by atoms with Crippen LogP contribution in [0.1, 0.15) is 163 Å². The number of rotatable bonds is 44. The van der Waals surface area contributed by atoms with Crippen molar-refractivity contribution in [1.29, 1.82) is 0 Å². The lowest BCUT2D eigenvalue weighted by atomic mass is 9.77. The molecule has 576 valence electrons. The second kappa shape index (κ2) is 45.8. The van der Waals surface area contributed by atoms with Crippen molar-refractivity contribution in [1.82, 2.24) is 20.6 Å². The number of unbranched alkanes of at least 4 members (excludes halogenated alkanes) is 2. The van der Waals surface area contributed by atoms with E-state index in [9.17, 15) is 9.13 Å². The molecule has 22 nitrogen and oxygen atoms in total. The van der Waals surface area contributed by atoms with Gasteiger partial charge < -0.3 is 56.4 Å². The smallest absolute Gasteiger partial charge is 0.406 e. The molecule has 1 heterocycles. The maximum absolute atomic E-state index is 13.2. The highest BCUT2D eigenvalue weighted by molar-refractivity contribution is 8.09. The Morgan fingerprint density at radius 1 is 0.588 bits per heavy atom. The summed E-state index contributed by atoms with van der Waals surface area (Å²) in [6.45, 7) is 29.6. The molecule has 1 saturated heterocycles. The summed E-state index contributed by atoms with van der Waals surface area (Å²) in [5.41, 5.74) is 3.09. The van der Waals surface area contributed by atoms with Gasteiger partial charge in [0.15, 0.2) is 12.6 Å².